The van der Waals surface area contributed by atoms with Crippen LogP contribution >= 0.6 is 0 Å². The van der Waals surface area contributed by atoms with E-state index in [9.17, 15) is 4.79 Å². The van der Waals surface area contributed by atoms with E-state index in [1.54, 1.807) is 0 Å². The Morgan fingerprint density at radius 1 is 1.56 bits per heavy atom. The van der Waals surface area contributed by atoms with E-state index in [1.165, 1.54) is 6.92 Å². The minimum absolute atomic E-state index is 0. The van der Waals surface area contributed by atoms with Gasteiger partial charge in [-0.25, -0.2) is 0 Å². The lowest BCUT2D eigenvalue weighted by atomic mass is 10.7. The van der Waals surface area contributed by atoms with Crippen LogP contribution in [0, 0.1) is 0 Å². The maximum atomic E-state index is 9.87. The summed E-state index contributed by atoms with van der Waals surface area (Å²) in [5, 5.41) is 8.04. The van der Waals surface area contributed by atoms with E-state index in [-0.39, 0.29) is 34.0 Å². The Bertz CT molecular complexity index is 61.3. The molecule has 0 rings (SSSR count). The van der Waals surface area contributed by atoms with Crippen LogP contribution in [0.15, 0.2) is 0 Å². The Hall–Kier alpha value is -0.570. The van der Waals surface area contributed by atoms with Crippen LogP contribution in [0.3, 0.4) is 0 Å². The Kier molecular flexibility index (Phi) is 18.3. The minimum atomic E-state index is -0.353. The van der Waals surface area contributed by atoms with Crippen LogP contribution in [-0.2, 0) is 9.53 Å². The largest absolute Gasteiger partial charge is 0.463 e. The zero-order chi connectivity index (χ0) is 5.70. The van der Waals surface area contributed by atoms with Crippen LogP contribution in [0.4, 0.5) is 0 Å². The van der Waals surface area contributed by atoms with Gasteiger partial charge in [-0.3, -0.25) is 4.79 Å². The third kappa shape index (κ3) is 18.6. The van der Waals surface area contributed by atoms with Crippen LogP contribution in [0.2, 0.25) is 0 Å². The summed E-state index contributed by atoms with van der Waals surface area (Å²) in [6, 6.07) is 0. The topological polar surface area (TPSA) is 46.5 Å². The number of hydrogen-bond donors (Lipinski definition) is 1. The van der Waals surface area contributed by atoms with Crippen molar-refractivity contribution in [3.05, 3.63) is 0 Å². The second-order valence-electron chi connectivity index (χ2n) is 1.06. The van der Waals surface area contributed by atoms with Crippen molar-refractivity contribution in [1.82, 2.24) is 0 Å². The molecule has 0 aromatic carbocycles. The second kappa shape index (κ2) is 10.4. The van der Waals surface area contributed by atoms with Gasteiger partial charge in [-0.15, -0.1) is 0 Å². The van der Waals surface area contributed by atoms with Crippen molar-refractivity contribution in [1.29, 1.82) is 0 Å². The molecule has 0 atom stereocenters. The van der Waals surface area contributed by atoms with Crippen molar-refractivity contribution in [2.45, 2.75) is 21.8 Å². The van der Waals surface area contributed by atoms with E-state index in [1.807, 2.05) is 0 Å². The molecule has 0 fully saturated rings. The van der Waals surface area contributed by atoms with Gasteiger partial charge >= 0.3 is 5.97 Å². The molecular formula is C6H16O3. The number of carbonyl (C=O) groups excluding carboxylic acids is 1. The first-order valence-electron chi connectivity index (χ1n) is 2.01. The van der Waals surface area contributed by atoms with Crippen molar-refractivity contribution < 1.29 is 14.6 Å². The molecule has 0 radical (unpaired) electrons. The number of hydrogen-bond acceptors (Lipinski definition) is 3. The molecule has 0 unspecified atom stereocenters. The Morgan fingerprint density at radius 2 is 2.00 bits per heavy atom. The summed E-state index contributed by atoms with van der Waals surface area (Å²) in [5.41, 5.74) is 0. The van der Waals surface area contributed by atoms with Crippen LogP contribution in [0.25, 0.3) is 0 Å². The fourth-order valence-electron chi connectivity index (χ4n) is 0.189. The number of esters is 1. The van der Waals surface area contributed by atoms with E-state index >= 15 is 0 Å². The van der Waals surface area contributed by atoms with Crippen molar-refractivity contribution >= 4 is 5.97 Å². The van der Waals surface area contributed by atoms with Gasteiger partial charge in [-0.2, -0.15) is 0 Å². The Morgan fingerprint density at radius 3 is 2.11 bits per heavy atom. The van der Waals surface area contributed by atoms with Gasteiger partial charge in [-0.1, -0.05) is 14.9 Å². The molecule has 9 heavy (non-hydrogen) atoms. The van der Waals surface area contributed by atoms with Gasteiger partial charge in [0.15, 0.2) is 0 Å². The van der Waals surface area contributed by atoms with E-state index < -0.39 is 0 Å². The fourth-order valence-corrected chi connectivity index (χ4v) is 0.189. The molecule has 0 aliphatic heterocycles. The average Bonchev–Trinajstić information content (AvgIpc) is 1.61. The maximum Gasteiger partial charge on any atom is 0.302 e. The van der Waals surface area contributed by atoms with E-state index in [4.69, 9.17) is 5.11 Å². The zero-order valence-electron chi connectivity index (χ0n) is 4.18. The summed E-state index contributed by atoms with van der Waals surface area (Å²) >= 11 is 0. The number of aliphatic hydroxyl groups excluding tert-OH is 1. The van der Waals surface area contributed by atoms with Gasteiger partial charge in [0.25, 0.3) is 0 Å². The molecule has 0 bridgehead atoms. The number of rotatable bonds is 2. The second-order valence-corrected chi connectivity index (χ2v) is 1.06. The standard InChI is InChI=1S/C4H8O3.2CH4/c1-4(6)7-3-2-5;;/h5H,2-3H2,1H3;2*1H4. The lowest BCUT2D eigenvalue weighted by Crippen LogP contribution is -2.03. The SMILES string of the molecule is C.C.CC(=O)OCCO. The molecule has 0 amide bonds. The molecule has 0 saturated carbocycles. The van der Waals surface area contributed by atoms with Crippen LogP contribution in [0.5, 0.6) is 0 Å². The lowest BCUT2D eigenvalue weighted by Gasteiger charge is -1.93. The van der Waals surface area contributed by atoms with Gasteiger partial charge in [0, 0.05) is 6.92 Å². The van der Waals surface area contributed by atoms with Gasteiger partial charge < -0.3 is 9.84 Å². The maximum absolute atomic E-state index is 9.87. The first kappa shape index (κ1) is 15.8. The van der Waals surface area contributed by atoms with Crippen molar-refractivity contribution in [2.24, 2.45) is 0 Å². The predicted molar refractivity (Wildman–Crippen MR) is 37.2 cm³/mol. The molecule has 0 aliphatic carbocycles. The van der Waals surface area contributed by atoms with Crippen molar-refractivity contribution in [3.63, 3.8) is 0 Å². The summed E-state index contributed by atoms with van der Waals surface area (Å²) in [7, 11) is 0. The Labute approximate surface area is 56.6 Å². The van der Waals surface area contributed by atoms with Crippen LogP contribution in [0.1, 0.15) is 21.8 Å². The molecule has 1 N–H and O–H groups in total. The van der Waals surface area contributed by atoms with E-state index in [2.05, 4.69) is 4.74 Å². The summed E-state index contributed by atoms with van der Waals surface area (Å²) < 4.78 is 4.30. The minimum Gasteiger partial charge on any atom is -0.463 e. The van der Waals surface area contributed by atoms with E-state index in [0.717, 1.165) is 0 Å². The van der Waals surface area contributed by atoms with E-state index in [0.29, 0.717) is 0 Å². The third-order valence-corrected chi connectivity index (χ3v) is 0.397. The number of aliphatic hydroxyl groups is 1. The fraction of sp³-hybridized carbons (Fsp3) is 0.833. The van der Waals surface area contributed by atoms with Crippen LogP contribution in [-0.4, -0.2) is 24.3 Å². The Balaban J connectivity index is -0.000000180. The van der Waals surface area contributed by atoms with Crippen molar-refractivity contribution in [2.75, 3.05) is 13.2 Å². The predicted octanol–water partition coefficient (Wildman–Crippen LogP) is 0.814. The number of carbonyl (C=O) groups is 1. The molecule has 0 aliphatic rings. The molecule has 0 spiro atoms. The monoisotopic (exact) mass is 136 g/mol. The smallest absolute Gasteiger partial charge is 0.302 e. The molecule has 58 valence electrons. The molecular weight excluding hydrogens is 120 g/mol. The molecule has 0 aromatic heterocycles. The highest BCUT2D eigenvalue weighted by Crippen LogP contribution is 1.71. The third-order valence-electron chi connectivity index (χ3n) is 0.397. The lowest BCUT2D eigenvalue weighted by molar-refractivity contribution is -0.141. The summed E-state index contributed by atoms with van der Waals surface area (Å²) in [4.78, 5) is 9.87. The highest BCUT2D eigenvalue weighted by molar-refractivity contribution is 5.65. The highest BCUT2D eigenvalue weighted by Gasteiger charge is 1.86. The summed E-state index contributed by atoms with van der Waals surface area (Å²) in [6.07, 6.45) is 0. The first-order valence-corrected chi connectivity index (χ1v) is 2.01. The van der Waals surface area contributed by atoms with Gasteiger partial charge in [-0.05, 0) is 0 Å². The summed E-state index contributed by atoms with van der Waals surface area (Å²) in [5.74, 6) is -0.353. The molecule has 0 saturated heterocycles. The quantitative estimate of drug-likeness (QED) is 0.571. The molecule has 3 heteroatoms. The first-order chi connectivity index (χ1) is 3.27. The number of ether oxygens (including phenoxy) is 1. The average molecular weight is 136 g/mol. The van der Waals surface area contributed by atoms with Gasteiger partial charge in [0.1, 0.15) is 6.61 Å². The summed E-state index contributed by atoms with van der Waals surface area (Å²) in [6.45, 7) is 1.31. The molecule has 0 heterocycles. The highest BCUT2D eigenvalue weighted by atomic mass is 16.5. The van der Waals surface area contributed by atoms with Crippen molar-refractivity contribution in [3.8, 4) is 0 Å². The van der Waals surface area contributed by atoms with Crippen LogP contribution < -0.4 is 0 Å². The van der Waals surface area contributed by atoms with Gasteiger partial charge in [0.2, 0.25) is 0 Å². The molecule has 3 nitrogen and oxygen atoms in total. The normalized spacial score (nSPS) is 6.44. The molecule has 0 aromatic rings. The zero-order valence-corrected chi connectivity index (χ0v) is 4.18. The van der Waals surface area contributed by atoms with Gasteiger partial charge in [0.05, 0.1) is 6.61 Å².